The Kier molecular flexibility index (Phi) is 6.47. The Morgan fingerprint density at radius 1 is 0.941 bits per heavy atom. The molecule has 3 amide bonds. The second-order valence-electron chi connectivity index (χ2n) is 8.88. The van der Waals surface area contributed by atoms with E-state index in [4.69, 9.17) is 9.47 Å². The fourth-order valence-corrected chi connectivity index (χ4v) is 4.23. The van der Waals surface area contributed by atoms with Crippen LogP contribution in [-0.4, -0.2) is 73.1 Å². The number of ether oxygens (including phenoxy) is 2. The zero-order valence-corrected chi connectivity index (χ0v) is 19.7. The molecule has 0 aromatic heterocycles. The van der Waals surface area contributed by atoms with E-state index in [-0.39, 0.29) is 24.6 Å². The molecule has 0 spiro atoms. The van der Waals surface area contributed by atoms with Crippen LogP contribution in [0.5, 0.6) is 0 Å². The summed E-state index contributed by atoms with van der Waals surface area (Å²) in [5.41, 5.74) is 3.31. The minimum Gasteiger partial charge on any atom is -0.452 e. The Bertz CT molecular complexity index is 1090. The third kappa shape index (κ3) is 4.43. The molecular weight excluding hydrogens is 438 g/mol. The molecule has 180 valence electrons. The van der Waals surface area contributed by atoms with E-state index in [1.54, 1.807) is 36.9 Å². The number of β-amino-alcohol motifs (C(OH)–C–C–N with tert-alkyl or cyclic N) is 1. The minimum atomic E-state index is -0.502. The monoisotopic (exact) mass is 467 g/mol. The summed E-state index contributed by atoms with van der Waals surface area (Å²) in [6.07, 6.45) is -1.72. The molecule has 2 heterocycles. The quantitative estimate of drug-likeness (QED) is 0.742. The normalized spacial score (nSPS) is 17.8. The SMILES string of the molecule is COC(=O)N1c2ccc(-c3ccc(C(=O)N4CC(O)C4)cc3)cc2N(C(=O)OC(C)C)C[C@@H]1C. The topological polar surface area (TPSA) is 99.6 Å². The predicted octanol–water partition coefficient (Wildman–Crippen LogP) is 3.50. The lowest BCUT2D eigenvalue weighted by atomic mass is 9.99. The number of hydrogen-bond acceptors (Lipinski definition) is 6. The number of carbonyl (C=O) groups excluding carboxylic acids is 3. The molecule has 2 aliphatic heterocycles. The number of benzene rings is 2. The lowest BCUT2D eigenvalue weighted by Gasteiger charge is -2.40. The highest BCUT2D eigenvalue weighted by Gasteiger charge is 2.36. The maximum absolute atomic E-state index is 12.9. The Morgan fingerprint density at radius 3 is 2.18 bits per heavy atom. The van der Waals surface area contributed by atoms with Gasteiger partial charge in [0.15, 0.2) is 0 Å². The first-order chi connectivity index (χ1) is 16.2. The number of anilines is 2. The van der Waals surface area contributed by atoms with E-state index in [2.05, 4.69) is 0 Å². The number of nitrogens with zero attached hydrogens (tertiary/aromatic N) is 3. The maximum Gasteiger partial charge on any atom is 0.414 e. The molecule has 1 N–H and O–H groups in total. The zero-order chi connectivity index (χ0) is 24.6. The van der Waals surface area contributed by atoms with Crippen LogP contribution in [0.1, 0.15) is 31.1 Å². The van der Waals surface area contributed by atoms with E-state index in [1.807, 2.05) is 31.2 Å². The Balaban J connectivity index is 1.67. The third-order valence-electron chi connectivity index (χ3n) is 5.96. The second kappa shape index (κ2) is 9.34. The van der Waals surface area contributed by atoms with Crippen molar-refractivity contribution < 1.29 is 29.0 Å². The minimum absolute atomic E-state index is 0.118. The number of aliphatic hydroxyl groups is 1. The molecule has 0 aliphatic carbocycles. The van der Waals surface area contributed by atoms with Crippen LogP contribution in [0.25, 0.3) is 11.1 Å². The summed E-state index contributed by atoms with van der Waals surface area (Å²) in [7, 11) is 1.33. The standard InChI is InChI=1S/C25H29N3O6/c1-15(2)34-24(31)27-12-16(3)28(25(32)33-4)21-10-9-19(11-22(21)27)17-5-7-18(8-6-17)23(30)26-13-20(29)14-26/h5-11,15-16,20,29H,12-14H2,1-4H3/t16-/m0/s1. The molecule has 4 rings (SSSR count). The van der Waals surface area contributed by atoms with Crippen molar-refractivity contribution in [1.82, 2.24) is 4.90 Å². The molecule has 34 heavy (non-hydrogen) atoms. The maximum atomic E-state index is 12.9. The first kappa shape index (κ1) is 23.6. The van der Waals surface area contributed by atoms with E-state index in [1.165, 1.54) is 16.9 Å². The van der Waals surface area contributed by atoms with Gasteiger partial charge in [-0.3, -0.25) is 14.6 Å². The van der Waals surface area contributed by atoms with Gasteiger partial charge >= 0.3 is 12.2 Å². The molecule has 9 nitrogen and oxygen atoms in total. The largest absolute Gasteiger partial charge is 0.452 e. The van der Waals surface area contributed by atoms with E-state index in [0.717, 1.165) is 11.1 Å². The van der Waals surface area contributed by atoms with Gasteiger partial charge in [-0.05, 0) is 56.2 Å². The number of rotatable bonds is 3. The van der Waals surface area contributed by atoms with Crippen LogP contribution in [0, 0.1) is 0 Å². The molecule has 0 saturated carbocycles. The van der Waals surface area contributed by atoms with Crippen LogP contribution in [0.3, 0.4) is 0 Å². The lowest BCUT2D eigenvalue weighted by Crippen LogP contribution is -2.53. The van der Waals surface area contributed by atoms with Gasteiger partial charge in [-0.1, -0.05) is 18.2 Å². The number of fused-ring (bicyclic) bond motifs is 1. The van der Waals surface area contributed by atoms with Gasteiger partial charge in [0.2, 0.25) is 0 Å². The van der Waals surface area contributed by atoms with Crippen molar-refractivity contribution in [3.63, 3.8) is 0 Å². The van der Waals surface area contributed by atoms with Gasteiger partial charge in [0.1, 0.15) is 0 Å². The van der Waals surface area contributed by atoms with Crippen LogP contribution < -0.4 is 9.80 Å². The fourth-order valence-electron chi connectivity index (χ4n) is 4.23. The van der Waals surface area contributed by atoms with Gasteiger partial charge < -0.3 is 19.5 Å². The van der Waals surface area contributed by atoms with Crippen molar-refractivity contribution in [2.75, 3.05) is 36.5 Å². The number of methoxy groups -OCH3 is 1. The van der Waals surface area contributed by atoms with Gasteiger partial charge in [0, 0.05) is 18.7 Å². The van der Waals surface area contributed by atoms with Crippen LogP contribution >= 0.6 is 0 Å². The van der Waals surface area contributed by atoms with Gasteiger partial charge in [0.25, 0.3) is 5.91 Å². The molecule has 2 aromatic carbocycles. The van der Waals surface area contributed by atoms with Crippen LogP contribution in [0.4, 0.5) is 21.0 Å². The molecule has 1 saturated heterocycles. The molecule has 9 heteroatoms. The highest BCUT2D eigenvalue weighted by molar-refractivity contribution is 6.02. The van der Waals surface area contributed by atoms with E-state index < -0.39 is 18.3 Å². The summed E-state index contributed by atoms with van der Waals surface area (Å²) in [6, 6.07) is 12.3. The second-order valence-corrected chi connectivity index (χ2v) is 8.88. The molecule has 1 atom stereocenters. The highest BCUT2D eigenvalue weighted by Crippen LogP contribution is 2.39. The van der Waals surface area contributed by atoms with Gasteiger partial charge in [-0.2, -0.15) is 0 Å². The van der Waals surface area contributed by atoms with Crippen molar-refractivity contribution in [2.24, 2.45) is 0 Å². The van der Waals surface area contributed by atoms with Gasteiger partial charge in [-0.15, -0.1) is 0 Å². The predicted molar refractivity (Wildman–Crippen MR) is 127 cm³/mol. The smallest absolute Gasteiger partial charge is 0.414 e. The van der Waals surface area contributed by atoms with Crippen molar-refractivity contribution >= 4 is 29.5 Å². The fraction of sp³-hybridized carbons (Fsp3) is 0.400. The molecular formula is C25H29N3O6. The summed E-state index contributed by atoms with van der Waals surface area (Å²) >= 11 is 0. The molecule has 2 aromatic rings. The van der Waals surface area contributed by atoms with Crippen molar-refractivity contribution in [3.05, 3.63) is 48.0 Å². The first-order valence-corrected chi connectivity index (χ1v) is 11.3. The average molecular weight is 468 g/mol. The highest BCUT2D eigenvalue weighted by atomic mass is 16.6. The Labute approximate surface area is 198 Å². The Hall–Kier alpha value is -3.59. The number of amides is 3. The van der Waals surface area contributed by atoms with Crippen LogP contribution in [0.2, 0.25) is 0 Å². The molecule has 2 aliphatic rings. The van der Waals surface area contributed by atoms with Crippen molar-refractivity contribution in [1.29, 1.82) is 0 Å². The number of aliphatic hydroxyl groups excluding tert-OH is 1. The summed E-state index contributed by atoms with van der Waals surface area (Å²) in [5.74, 6) is -0.118. The number of carbonyl (C=O) groups is 3. The zero-order valence-electron chi connectivity index (χ0n) is 19.7. The van der Waals surface area contributed by atoms with Gasteiger partial charge in [-0.25, -0.2) is 9.59 Å². The summed E-state index contributed by atoms with van der Waals surface area (Å²) < 4.78 is 10.4. The summed E-state index contributed by atoms with van der Waals surface area (Å²) in [6.45, 7) is 6.37. The van der Waals surface area contributed by atoms with Crippen LogP contribution in [-0.2, 0) is 9.47 Å². The first-order valence-electron chi connectivity index (χ1n) is 11.3. The molecule has 0 unspecified atom stereocenters. The lowest BCUT2D eigenvalue weighted by molar-refractivity contribution is 0.00589. The van der Waals surface area contributed by atoms with E-state index in [0.29, 0.717) is 30.0 Å². The van der Waals surface area contributed by atoms with Gasteiger partial charge in [0.05, 0.1) is 43.3 Å². The third-order valence-corrected chi connectivity index (χ3v) is 5.96. The molecule has 0 bridgehead atoms. The average Bonchev–Trinajstić information content (AvgIpc) is 2.80. The number of likely N-dealkylation sites (tertiary alicyclic amines) is 1. The summed E-state index contributed by atoms with van der Waals surface area (Å²) in [4.78, 5) is 42.5. The Morgan fingerprint density at radius 2 is 1.59 bits per heavy atom. The van der Waals surface area contributed by atoms with Crippen molar-refractivity contribution in [3.8, 4) is 11.1 Å². The molecule has 0 radical (unpaired) electrons. The van der Waals surface area contributed by atoms with E-state index >= 15 is 0 Å². The van der Waals surface area contributed by atoms with Crippen LogP contribution in [0.15, 0.2) is 42.5 Å². The van der Waals surface area contributed by atoms with E-state index in [9.17, 15) is 19.5 Å². The summed E-state index contributed by atoms with van der Waals surface area (Å²) in [5, 5.41) is 9.43. The number of hydrogen-bond donors (Lipinski definition) is 1. The molecule has 1 fully saturated rings. The van der Waals surface area contributed by atoms with Crippen molar-refractivity contribution in [2.45, 2.75) is 39.0 Å².